The first-order valence-electron chi connectivity index (χ1n) is 9.00. The molecule has 2 aromatic rings. The standard InChI is InChI=1S/C20H26N2O4S/c1-5-15-10-8-9-14(4)20(15)22-27(24,25)16-11-12-18(26-7-3)17(13-16)21-19(23)6-2/h8-13,22H,5-7H2,1-4H3,(H,21,23). The maximum absolute atomic E-state index is 12.9. The molecule has 0 saturated carbocycles. The molecule has 0 aliphatic rings. The van der Waals surface area contributed by atoms with Gasteiger partial charge >= 0.3 is 0 Å². The van der Waals surface area contributed by atoms with Crippen LogP contribution < -0.4 is 14.8 Å². The quantitative estimate of drug-likeness (QED) is 0.710. The van der Waals surface area contributed by atoms with Gasteiger partial charge in [0, 0.05) is 6.42 Å². The van der Waals surface area contributed by atoms with Crippen LogP contribution in [-0.4, -0.2) is 20.9 Å². The van der Waals surface area contributed by atoms with Crippen LogP contribution >= 0.6 is 0 Å². The zero-order valence-corrected chi connectivity index (χ0v) is 16.9. The molecule has 1 amide bonds. The molecule has 0 spiro atoms. The number of hydrogen-bond donors (Lipinski definition) is 2. The van der Waals surface area contributed by atoms with E-state index >= 15 is 0 Å². The van der Waals surface area contributed by atoms with E-state index in [9.17, 15) is 13.2 Å². The number of nitrogens with one attached hydrogen (secondary N) is 2. The third-order valence-electron chi connectivity index (χ3n) is 4.13. The number of anilines is 2. The van der Waals surface area contributed by atoms with E-state index in [2.05, 4.69) is 10.0 Å². The lowest BCUT2D eigenvalue weighted by atomic mass is 10.1. The van der Waals surface area contributed by atoms with E-state index in [4.69, 9.17) is 4.74 Å². The molecule has 27 heavy (non-hydrogen) atoms. The van der Waals surface area contributed by atoms with Gasteiger partial charge in [0.05, 0.1) is 22.9 Å². The highest BCUT2D eigenvalue weighted by atomic mass is 32.2. The molecule has 0 fully saturated rings. The molecular weight excluding hydrogens is 364 g/mol. The normalized spacial score (nSPS) is 11.1. The van der Waals surface area contributed by atoms with E-state index in [1.165, 1.54) is 12.1 Å². The van der Waals surface area contributed by atoms with Crippen LogP contribution in [0.25, 0.3) is 0 Å². The second-order valence-electron chi connectivity index (χ2n) is 6.06. The van der Waals surface area contributed by atoms with Crippen molar-refractivity contribution in [1.29, 1.82) is 0 Å². The summed E-state index contributed by atoms with van der Waals surface area (Å²) in [5, 5.41) is 2.70. The molecule has 0 unspecified atom stereocenters. The number of aryl methyl sites for hydroxylation is 2. The minimum Gasteiger partial charge on any atom is -0.492 e. The molecule has 0 aliphatic carbocycles. The number of para-hydroxylation sites is 1. The molecule has 0 saturated heterocycles. The zero-order chi connectivity index (χ0) is 20.0. The van der Waals surface area contributed by atoms with Gasteiger partial charge in [-0.25, -0.2) is 8.42 Å². The molecule has 7 heteroatoms. The van der Waals surface area contributed by atoms with Crippen LogP contribution in [0, 0.1) is 6.92 Å². The second-order valence-corrected chi connectivity index (χ2v) is 7.74. The monoisotopic (exact) mass is 390 g/mol. The Morgan fingerprint density at radius 2 is 1.85 bits per heavy atom. The first kappa shape index (κ1) is 20.8. The molecule has 0 bridgehead atoms. The fourth-order valence-electron chi connectivity index (χ4n) is 2.66. The van der Waals surface area contributed by atoms with Gasteiger partial charge in [-0.1, -0.05) is 32.0 Å². The molecule has 0 atom stereocenters. The molecule has 2 N–H and O–H groups in total. The topological polar surface area (TPSA) is 84.5 Å². The van der Waals surface area contributed by atoms with Gasteiger partial charge in [0.2, 0.25) is 5.91 Å². The summed E-state index contributed by atoms with van der Waals surface area (Å²) in [5.41, 5.74) is 2.70. The van der Waals surface area contributed by atoms with Crippen LogP contribution in [-0.2, 0) is 21.2 Å². The Bertz CT molecular complexity index is 924. The molecule has 0 aromatic heterocycles. The molecule has 2 rings (SSSR count). The van der Waals surface area contributed by atoms with E-state index in [1.54, 1.807) is 13.0 Å². The maximum Gasteiger partial charge on any atom is 0.261 e. The first-order chi connectivity index (χ1) is 12.8. The summed E-state index contributed by atoms with van der Waals surface area (Å²) in [6.45, 7) is 7.79. The smallest absolute Gasteiger partial charge is 0.261 e. The Labute approximate surface area is 161 Å². The van der Waals surface area contributed by atoms with Crippen molar-refractivity contribution >= 4 is 27.3 Å². The van der Waals surface area contributed by atoms with Gasteiger partial charge in [-0.15, -0.1) is 0 Å². The third-order valence-corrected chi connectivity index (χ3v) is 5.48. The number of ether oxygens (including phenoxy) is 1. The van der Waals surface area contributed by atoms with E-state index in [-0.39, 0.29) is 17.2 Å². The van der Waals surface area contributed by atoms with Crippen LogP contribution in [0.1, 0.15) is 38.3 Å². The minimum atomic E-state index is -3.82. The summed E-state index contributed by atoms with van der Waals surface area (Å²) in [5.74, 6) is 0.217. The fraction of sp³-hybridized carbons (Fsp3) is 0.350. The first-order valence-corrected chi connectivity index (χ1v) is 10.5. The summed E-state index contributed by atoms with van der Waals surface area (Å²) < 4.78 is 34.0. The Balaban J connectivity index is 2.44. The predicted molar refractivity (Wildman–Crippen MR) is 108 cm³/mol. The van der Waals surface area contributed by atoms with Crippen molar-refractivity contribution in [2.24, 2.45) is 0 Å². The number of hydrogen-bond acceptors (Lipinski definition) is 4. The molecule has 0 heterocycles. The largest absolute Gasteiger partial charge is 0.492 e. The Morgan fingerprint density at radius 3 is 2.48 bits per heavy atom. The summed E-state index contributed by atoms with van der Waals surface area (Å²) in [6.07, 6.45) is 0.991. The summed E-state index contributed by atoms with van der Waals surface area (Å²) >= 11 is 0. The van der Waals surface area contributed by atoms with E-state index in [1.807, 2.05) is 39.0 Å². The molecular formula is C20H26N2O4S. The van der Waals surface area contributed by atoms with Crippen molar-refractivity contribution < 1.29 is 17.9 Å². The molecule has 0 aliphatic heterocycles. The summed E-state index contributed by atoms with van der Waals surface area (Å²) in [6, 6.07) is 10.1. The van der Waals surface area contributed by atoms with Crippen LogP contribution in [0.5, 0.6) is 5.75 Å². The Hall–Kier alpha value is -2.54. The van der Waals surface area contributed by atoms with Crippen molar-refractivity contribution in [3.8, 4) is 5.75 Å². The molecule has 2 aromatic carbocycles. The van der Waals surface area contributed by atoms with Gasteiger partial charge in [-0.3, -0.25) is 9.52 Å². The van der Waals surface area contributed by atoms with Crippen LogP contribution in [0.15, 0.2) is 41.3 Å². The number of benzene rings is 2. The van der Waals surface area contributed by atoms with Gasteiger partial charge in [0.15, 0.2) is 0 Å². The lowest BCUT2D eigenvalue weighted by molar-refractivity contribution is -0.115. The average Bonchev–Trinajstić information content (AvgIpc) is 2.64. The van der Waals surface area contributed by atoms with Gasteiger partial charge in [0.1, 0.15) is 5.75 Å². The van der Waals surface area contributed by atoms with Gasteiger partial charge in [-0.05, 0) is 49.6 Å². The van der Waals surface area contributed by atoms with E-state index in [0.717, 1.165) is 11.1 Å². The highest BCUT2D eigenvalue weighted by Crippen LogP contribution is 2.30. The van der Waals surface area contributed by atoms with Crippen molar-refractivity contribution in [2.75, 3.05) is 16.6 Å². The number of sulfonamides is 1. The minimum absolute atomic E-state index is 0.0580. The maximum atomic E-state index is 12.9. The lowest BCUT2D eigenvalue weighted by Crippen LogP contribution is -2.16. The van der Waals surface area contributed by atoms with Crippen molar-refractivity contribution in [2.45, 2.75) is 45.4 Å². The molecule has 146 valence electrons. The number of carbonyl (C=O) groups excluding carboxylic acids is 1. The number of carbonyl (C=O) groups is 1. The summed E-state index contributed by atoms with van der Waals surface area (Å²) in [4.78, 5) is 11.8. The zero-order valence-electron chi connectivity index (χ0n) is 16.1. The molecule has 0 radical (unpaired) electrons. The van der Waals surface area contributed by atoms with Crippen molar-refractivity contribution in [3.05, 3.63) is 47.5 Å². The number of rotatable bonds is 8. The summed E-state index contributed by atoms with van der Waals surface area (Å²) in [7, 11) is -3.82. The van der Waals surface area contributed by atoms with Crippen molar-refractivity contribution in [3.63, 3.8) is 0 Å². The SMILES string of the molecule is CCOc1ccc(S(=O)(=O)Nc2c(C)cccc2CC)cc1NC(=O)CC. The third kappa shape index (κ3) is 5.01. The molecule has 6 nitrogen and oxygen atoms in total. The van der Waals surface area contributed by atoms with E-state index < -0.39 is 10.0 Å². The van der Waals surface area contributed by atoms with Crippen LogP contribution in [0.4, 0.5) is 11.4 Å². The fourth-order valence-corrected chi connectivity index (χ4v) is 3.86. The van der Waals surface area contributed by atoms with Gasteiger partial charge < -0.3 is 10.1 Å². The highest BCUT2D eigenvalue weighted by Gasteiger charge is 2.19. The highest BCUT2D eigenvalue weighted by molar-refractivity contribution is 7.92. The Kier molecular flexibility index (Phi) is 6.85. The lowest BCUT2D eigenvalue weighted by Gasteiger charge is -2.16. The van der Waals surface area contributed by atoms with Crippen molar-refractivity contribution in [1.82, 2.24) is 0 Å². The van der Waals surface area contributed by atoms with E-state index in [0.29, 0.717) is 30.2 Å². The average molecular weight is 391 g/mol. The van der Waals surface area contributed by atoms with Gasteiger partial charge in [-0.2, -0.15) is 0 Å². The van der Waals surface area contributed by atoms with Crippen LogP contribution in [0.2, 0.25) is 0 Å². The number of amides is 1. The van der Waals surface area contributed by atoms with Gasteiger partial charge in [0.25, 0.3) is 10.0 Å². The Morgan fingerprint density at radius 1 is 1.11 bits per heavy atom. The van der Waals surface area contributed by atoms with Crippen LogP contribution in [0.3, 0.4) is 0 Å². The predicted octanol–water partition coefficient (Wildman–Crippen LogP) is 4.11. The second kappa shape index (κ2) is 8.90.